The second kappa shape index (κ2) is 13.0. The molecule has 0 unspecified atom stereocenters. The number of hydrogen-bond acceptors (Lipinski definition) is 5. The van der Waals surface area contributed by atoms with Gasteiger partial charge in [-0.3, -0.25) is 13.9 Å². The van der Waals surface area contributed by atoms with E-state index in [2.05, 4.69) is 5.32 Å². The van der Waals surface area contributed by atoms with Crippen molar-refractivity contribution >= 4 is 50.7 Å². The van der Waals surface area contributed by atoms with Crippen molar-refractivity contribution in [1.82, 2.24) is 10.2 Å². The first-order valence-electron chi connectivity index (χ1n) is 11.8. The largest absolute Gasteiger partial charge is 0.497 e. The number of carbonyl (C=O) groups excluding carboxylic acids is 2. The zero-order chi connectivity index (χ0) is 27.9. The number of rotatable bonds is 11. The summed E-state index contributed by atoms with van der Waals surface area (Å²) in [6, 6.07) is 18.5. The van der Waals surface area contributed by atoms with Crippen LogP contribution in [0.3, 0.4) is 0 Å². The van der Waals surface area contributed by atoms with Gasteiger partial charge in [0.05, 0.1) is 27.7 Å². The molecular formula is C27H29Cl2N3O5S. The van der Waals surface area contributed by atoms with Gasteiger partial charge in [-0.25, -0.2) is 8.42 Å². The molecule has 8 nitrogen and oxygen atoms in total. The molecule has 0 aliphatic heterocycles. The molecule has 0 spiro atoms. The minimum Gasteiger partial charge on any atom is -0.497 e. The van der Waals surface area contributed by atoms with Crippen LogP contribution in [0, 0.1) is 0 Å². The standard InChI is InChI=1S/C27H29Cl2N3O5S/c1-4-23(27(34)30-2)31(17-19-13-15-20(37-3)16-14-19)25(33)18-32(24-12-8-11-22(28)26(24)29)38(35,36)21-9-6-5-7-10-21/h5-16,23H,4,17-18H2,1-3H3,(H,30,34)/t23-/m0/s1. The van der Waals surface area contributed by atoms with E-state index in [1.165, 1.54) is 36.2 Å². The van der Waals surface area contributed by atoms with Crippen LogP contribution >= 0.6 is 23.2 Å². The minimum absolute atomic E-state index is 0.0125. The van der Waals surface area contributed by atoms with Crippen LogP contribution in [-0.2, 0) is 26.2 Å². The Kier molecular flexibility index (Phi) is 10.0. The van der Waals surface area contributed by atoms with E-state index in [0.29, 0.717) is 12.2 Å². The van der Waals surface area contributed by atoms with Crippen molar-refractivity contribution in [3.63, 3.8) is 0 Å². The first kappa shape index (κ1) is 29.3. The minimum atomic E-state index is -4.24. The maximum absolute atomic E-state index is 13.9. The lowest BCUT2D eigenvalue weighted by Gasteiger charge is -2.33. The van der Waals surface area contributed by atoms with Crippen LogP contribution in [0.15, 0.2) is 77.7 Å². The number of nitrogens with one attached hydrogen (secondary N) is 1. The molecule has 0 saturated heterocycles. The number of anilines is 1. The Balaban J connectivity index is 2.08. The summed E-state index contributed by atoms with van der Waals surface area (Å²) in [4.78, 5) is 28.0. The maximum Gasteiger partial charge on any atom is 0.264 e. The molecule has 1 N–H and O–H groups in total. The summed E-state index contributed by atoms with van der Waals surface area (Å²) < 4.78 is 33.7. The SMILES string of the molecule is CC[C@@H](C(=O)NC)N(Cc1ccc(OC)cc1)C(=O)CN(c1cccc(Cl)c1Cl)S(=O)(=O)c1ccccc1. The number of amides is 2. The molecule has 0 heterocycles. The van der Waals surface area contributed by atoms with E-state index in [1.54, 1.807) is 62.6 Å². The molecule has 0 bridgehead atoms. The Morgan fingerprint density at radius 2 is 1.63 bits per heavy atom. The topological polar surface area (TPSA) is 96.0 Å². The number of carbonyl (C=O) groups is 2. The Labute approximate surface area is 233 Å². The van der Waals surface area contributed by atoms with Crippen LogP contribution in [0.25, 0.3) is 0 Å². The Hall–Kier alpha value is -3.27. The fraction of sp³-hybridized carbons (Fsp3) is 0.259. The van der Waals surface area contributed by atoms with Gasteiger partial charge in [-0.1, -0.05) is 66.5 Å². The molecule has 0 aliphatic carbocycles. The van der Waals surface area contributed by atoms with Crippen molar-refractivity contribution in [2.45, 2.75) is 30.8 Å². The number of sulfonamides is 1. The normalized spacial score (nSPS) is 11.9. The molecule has 3 aromatic rings. The van der Waals surface area contributed by atoms with Crippen molar-refractivity contribution in [2.24, 2.45) is 0 Å². The average molecular weight is 579 g/mol. The van der Waals surface area contributed by atoms with Gasteiger partial charge < -0.3 is 15.0 Å². The van der Waals surface area contributed by atoms with Crippen LogP contribution < -0.4 is 14.4 Å². The summed E-state index contributed by atoms with van der Waals surface area (Å²) in [6.45, 7) is 1.23. The monoisotopic (exact) mass is 577 g/mol. The number of nitrogens with zero attached hydrogens (tertiary/aromatic N) is 2. The van der Waals surface area contributed by atoms with Gasteiger partial charge in [0, 0.05) is 13.6 Å². The number of hydrogen-bond donors (Lipinski definition) is 1. The van der Waals surface area contributed by atoms with E-state index < -0.39 is 28.5 Å². The van der Waals surface area contributed by atoms with Gasteiger partial charge in [0.15, 0.2) is 0 Å². The summed E-state index contributed by atoms with van der Waals surface area (Å²) >= 11 is 12.6. The van der Waals surface area contributed by atoms with E-state index in [0.717, 1.165) is 9.87 Å². The lowest BCUT2D eigenvalue weighted by atomic mass is 10.1. The van der Waals surface area contributed by atoms with Crippen molar-refractivity contribution < 1.29 is 22.7 Å². The van der Waals surface area contributed by atoms with Crippen LogP contribution in [0.1, 0.15) is 18.9 Å². The first-order valence-corrected chi connectivity index (χ1v) is 14.0. The smallest absolute Gasteiger partial charge is 0.264 e. The van der Waals surface area contributed by atoms with E-state index in [1.807, 2.05) is 0 Å². The zero-order valence-electron chi connectivity index (χ0n) is 21.2. The highest BCUT2D eigenvalue weighted by molar-refractivity contribution is 7.92. The molecule has 0 fully saturated rings. The Morgan fingerprint density at radius 3 is 2.21 bits per heavy atom. The van der Waals surface area contributed by atoms with Crippen LogP contribution in [0.2, 0.25) is 10.0 Å². The van der Waals surface area contributed by atoms with E-state index in [9.17, 15) is 18.0 Å². The first-order chi connectivity index (χ1) is 18.1. The number of likely N-dealkylation sites (N-methyl/N-ethyl adjacent to an activating group) is 1. The lowest BCUT2D eigenvalue weighted by molar-refractivity contribution is -0.140. The molecule has 0 radical (unpaired) electrons. The molecule has 0 aliphatic rings. The third-order valence-corrected chi connectivity index (χ3v) is 8.54. The van der Waals surface area contributed by atoms with E-state index >= 15 is 0 Å². The summed E-state index contributed by atoms with van der Waals surface area (Å²) in [7, 11) is -1.20. The number of benzene rings is 3. The molecule has 11 heteroatoms. The predicted molar refractivity (Wildman–Crippen MR) is 149 cm³/mol. The van der Waals surface area contributed by atoms with Gasteiger partial charge in [0.2, 0.25) is 11.8 Å². The average Bonchev–Trinajstić information content (AvgIpc) is 2.93. The van der Waals surface area contributed by atoms with Gasteiger partial charge in [-0.2, -0.15) is 0 Å². The Bertz CT molecular complexity index is 1370. The van der Waals surface area contributed by atoms with E-state index in [-0.39, 0.29) is 33.1 Å². The van der Waals surface area contributed by atoms with Gasteiger partial charge in [0.25, 0.3) is 10.0 Å². The van der Waals surface area contributed by atoms with Crippen LogP contribution in [0.4, 0.5) is 5.69 Å². The van der Waals surface area contributed by atoms with Crippen molar-refractivity contribution in [1.29, 1.82) is 0 Å². The summed E-state index contributed by atoms with van der Waals surface area (Å²) in [6.07, 6.45) is 0.310. The third-order valence-electron chi connectivity index (χ3n) is 5.95. The second-order valence-corrected chi connectivity index (χ2v) is 11.0. The molecule has 2 amide bonds. The molecule has 3 rings (SSSR count). The van der Waals surface area contributed by atoms with Crippen molar-refractivity contribution in [3.8, 4) is 5.75 Å². The van der Waals surface area contributed by atoms with Crippen molar-refractivity contribution in [3.05, 3.63) is 88.4 Å². The van der Waals surface area contributed by atoms with E-state index in [4.69, 9.17) is 27.9 Å². The van der Waals surface area contributed by atoms with Crippen molar-refractivity contribution in [2.75, 3.05) is 25.0 Å². The summed E-state index contributed by atoms with van der Waals surface area (Å²) in [5, 5.41) is 2.71. The second-order valence-electron chi connectivity index (χ2n) is 8.31. The molecular weight excluding hydrogens is 549 g/mol. The number of ether oxygens (including phenoxy) is 1. The summed E-state index contributed by atoms with van der Waals surface area (Å²) in [5.74, 6) is -0.319. The van der Waals surface area contributed by atoms with Gasteiger partial charge >= 0.3 is 0 Å². The highest BCUT2D eigenvalue weighted by atomic mass is 35.5. The molecule has 0 aromatic heterocycles. The lowest BCUT2D eigenvalue weighted by Crippen LogP contribution is -2.51. The third kappa shape index (κ3) is 6.59. The van der Waals surface area contributed by atoms with Crippen LogP contribution in [-0.4, -0.2) is 51.9 Å². The van der Waals surface area contributed by atoms with Crippen LogP contribution in [0.5, 0.6) is 5.75 Å². The Morgan fingerprint density at radius 1 is 0.974 bits per heavy atom. The molecule has 3 aromatic carbocycles. The molecule has 202 valence electrons. The fourth-order valence-electron chi connectivity index (χ4n) is 3.93. The van der Waals surface area contributed by atoms with Gasteiger partial charge in [-0.15, -0.1) is 0 Å². The quantitative estimate of drug-likeness (QED) is 0.354. The fourth-order valence-corrected chi connectivity index (χ4v) is 5.83. The maximum atomic E-state index is 13.9. The molecule has 1 atom stereocenters. The highest BCUT2D eigenvalue weighted by Gasteiger charge is 2.34. The number of halogens is 2. The summed E-state index contributed by atoms with van der Waals surface area (Å²) in [5.41, 5.74) is 0.786. The van der Waals surface area contributed by atoms with Gasteiger partial charge in [-0.05, 0) is 48.4 Å². The molecule has 38 heavy (non-hydrogen) atoms. The zero-order valence-corrected chi connectivity index (χ0v) is 23.6. The highest BCUT2D eigenvalue weighted by Crippen LogP contribution is 2.35. The molecule has 0 saturated carbocycles. The predicted octanol–water partition coefficient (Wildman–Crippen LogP) is 4.75. The van der Waals surface area contributed by atoms with Gasteiger partial charge in [0.1, 0.15) is 18.3 Å². The number of methoxy groups -OCH3 is 1.